The molecule has 144 valence electrons. The van der Waals surface area contributed by atoms with E-state index in [-0.39, 0.29) is 5.96 Å². The van der Waals surface area contributed by atoms with E-state index in [1.165, 1.54) is 83.5 Å². The summed E-state index contributed by atoms with van der Waals surface area (Å²) in [5.41, 5.74) is 5.22. The minimum absolute atomic E-state index is 0.0969. The summed E-state index contributed by atoms with van der Waals surface area (Å²) < 4.78 is 0. The SMILES string of the molecule is CC(=O)O.CCCCCCCCCCCCCCCCNC(=N)N. The van der Waals surface area contributed by atoms with Gasteiger partial charge in [0, 0.05) is 13.5 Å². The van der Waals surface area contributed by atoms with Crippen LogP contribution in [0.25, 0.3) is 0 Å². The maximum atomic E-state index is 9.00. The third-order valence-corrected chi connectivity index (χ3v) is 3.85. The van der Waals surface area contributed by atoms with E-state index in [1.54, 1.807) is 0 Å². The summed E-state index contributed by atoms with van der Waals surface area (Å²) in [6.45, 7) is 4.22. The highest BCUT2D eigenvalue weighted by Gasteiger charge is 1.94. The van der Waals surface area contributed by atoms with Crippen molar-refractivity contribution in [2.75, 3.05) is 6.54 Å². The summed E-state index contributed by atoms with van der Waals surface area (Å²) in [5.74, 6) is -0.736. The van der Waals surface area contributed by atoms with Gasteiger partial charge >= 0.3 is 0 Å². The zero-order valence-electron chi connectivity index (χ0n) is 16.0. The monoisotopic (exact) mass is 343 g/mol. The van der Waals surface area contributed by atoms with Crippen LogP contribution < -0.4 is 11.1 Å². The minimum Gasteiger partial charge on any atom is -0.481 e. The van der Waals surface area contributed by atoms with Crippen LogP contribution in [0.1, 0.15) is 104 Å². The molecule has 0 aliphatic heterocycles. The first-order valence-corrected chi connectivity index (χ1v) is 9.78. The van der Waals surface area contributed by atoms with Crippen LogP contribution in [0, 0.1) is 5.41 Å². The van der Waals surface area contributed by atoms with Crippen molar-refractivity contribution >= 4 is 11.9 Å². The molecule has 0 aromatic carbocycles. The molecule has 0 amide bonds. The Labute approximate surface area is 149 Å². The molecule has 0 unspecified atom stereocenters. The van der Waals surface area contributed by atoms with Crippen LogP contribution in [0.3, 0.4) is 0 Å². The first-order valence-electron chi connectivity index (χ1n) is 9.78. The van der Waals surface area contributed by atoms with Gasteiger partial charge in [0.1, 0.15) is 0 Å². The highest BCUT2D eigenvalue weighted by Crippen LogP contribution is 2.12. The second kappa shape index (κ2) is 21.7. The second-order valence-electron chi connectivity index (χ2n) is 6.46. The Hall–Kier alpha value is -1.26. The van der Waals surface area contributed by atoms with Crippen molar-refractivity contribution in [3.63, 3.8) is 0 Å². The lowest BCUT2D eigenvalue weighted by Gasteiger charge is -2.04. The summed E-state index contributed by atoms with van der Waals surface area (Å²) in [6.07, 6.45) is 19.3. The topological polar surface area (TPSA) is 99.2 Å². The Morgan fingerprint density at radius 2 is 1.12 bits per heavy atom. The number of rotatable bonds is 15. The Kier molecular flexibility index (Phi) is 22.6. The number of carboxylic acid groups (broad SMARTS) is 1. The van der Waals surface area contributed by atoms with Crippen LogP contribution in [0.2, 0.25) is 0 Å². The molecule has 0 aliphatic carbocycles. The highest BCUT2D eigenvalue weighted by molar-refractivity contribution is 5.74. The molecule has 0 radical (unpaired) electrons. The lowest BCUT2D eigenvalue weighted by atomic mass is 10.0. The van der Waals surface area contributed by atoms with E-state index in [9.17, 15) is 0 Å². The standard InChI is InChI=1S/C17H37N3.C2H4O2/c1-2-3-4-5-6-7-8-9-10-11-12-13-14-15-16-20-17(18)19;1-2(3)4/h2-16H2,1H3,(H4,18,19,20);1H3,(H,3,4). The smallest absolute Gasteiger partial charge is 0.300 e. The Morgan fingerprint density at radius 1 is 0.833 bits per heavy atom. The van der Waals surface area contributed by atoms with Crippen LogP contribution >= 0.6 is 0 Å². The predicted molar refractivity (Wildman–Crippen MR) is 104 cm³/mol. The van der Waals surface area contributed by atoms with Gasteiger partial charge < -0.3 is 16.2 Å². The van der Waals surface area contributed by atoms with Crippen molar-refractivity contribution in [1.29, 1.82) is 5.41 Å². The van der Waals surface area contributed by atoms with E-state index in [0.29, 0.717) is 0 Å². The number of carbonyl (C=O) groups is 1. The number of carboxylic acids is 1. The minimum atomic E-state index is -0.833. The molecule has 0 saturated carbocycles. The van der Waals surface area contributed by atoms with E-state index in [2.05, 4.69) is 12.2 Å². The molecule has 0 spiro atoms. The predicted octanol–water partition coefficient (Wildman–Crippen LogP) is 5.04. The van der Waals surface area contributed by atoms with Crippen LogP contribution in [0.15, 0.2) is 0 Å². The molecule has 0 saturated heterocycles. The Balaban J connectivity index is 0. The van der Waals surface area contributed by atoms with Crippen LogP contribution in [-0.2, 0) is 4.79 Å². The molecule has 0 bridgehead atoms. The summed E-state index contributed by atoms with van der Waals surface area (Å²) in [6, 6.07) is 0. The second-order valence-corrected chi connectivity index (χ2v) is 6.46. The van der Waals surface area contributed by atoms with Crippen molar-refractivity contribution in [2.24, 2.45) is 5.73 Å². The maximum absolute atomic E-state index is 9.00. The number of guanidine groups is 1. The summed E-state index contributed by atoms with van der Waals surface area (Å²) >= 11 is 0. The molecule has 5 nitrogen and oxygen atoms in total. The van der Waals surface area contributed by atoms with Crippen molar-refractivity contribution in [3.8, 4) is 0 Å². The van der Waals surface area contributed by atoms with E-state index in [1.807, 2.05) is 0 Å². The largest absolute Gasteiger partial charge is 0.481 e. The van der Waals surface area contributed by atoms with Crippen LogP contribution in [-0.4, -0.2) is 23.6 Å². The van der Waals surface area contributed by atoms with Crippen molar-refractivity contribution in [1.82, 2.24) is 5.32 Å². The molecule has 0 atom stereocenters. The van der Waals surface area contributed by atoms with Gasteiger partial charge in [0.2, 0.25) is 0 Å². The molecule has 5 heteroatoms. The fourth-order valence-corrected chi connectivity index (χ4v) is 2.54. The van der Waals surface area contributed by atoms with Gasteiger partial charge in [-0.05, 0) is 6.42 Å². The highest BCUT2D eigenvalue weighted by atomic mass is 16.4. The average molecular weight is 344 g/mol. The van der Waals surface area contributed by atoms with Crippen molar-refractivity contribution in [2.45, 2.75) is 104 Å². The molecule has 5 N–H and O–H groups in total. The lowest BCUT2D eigenvalue weighted by molar-refractivity contribution is -0.134. The molecule has 0 fully saturated rings. The molecule has 0 aromatic heterocycles. The van der Waals surface area contributed by atoms with Gasteiger partial charge in [0.15, 0.2) is 5.96 Å². The zero-order valence-corrected chi connectivity index (χ0v) is 16.0. The molecular formula is C19H41N3O2. The molecule has 0 heterocycles. The quantitative estimate of drug-likeness (QED) is 0.190. The molecule has 0 rings (SSSR count). The number of hydrogen-bond acceptors (Lipinski definition) is 2. The first kappa shape index (κ1) is 25.0. The van der Waals surface area contributed by atoms with Gasteiger partial charge in [-0.2, -0.15) is 0 Å². The molecule has 0 aromatic rings. The van der Waals surface area contributed by atoms with Crippen molar-refractivity contribution < 1.29 is 9.90 Å². The van der Waals surface area contributed by atoms with Gasteiger partial charge in [-0.1, -0.05) is 90.4 Å². The molecule has 24 heavy (non-hydrogen) atoms. The van der Waals surface area contributed by atoms with Crippen LogP contribution in [0.4, 0.5) is 0 Å². The number of nitrogens with two attached hydrogens (primary N) is 1. The van der Waals surface area contributed by atoms with Gasteiger partial charge in [0.25, 0.3) is 5.97 Å². The summed E-state index contributed by atoms with van der Waals surface area (Å²) in [5, 5.41) is 17.3. The maximum Gasteiger partial charge on any atom is 0.300 e. The normalized spacial score (nSPS) is 9.92. The van der Waals surface area contributed by atoms with Crippen LogP contribution in [0.5, 0.6) is 0 Å². The van der Waals surface area contributed by atoms with E-state index >= 15 is 0 Å². The number of aliphatic carboxylic acids is 1. The van der Waals surface area contributed by atoms with E-state index < -0.39 is 5.97 Å². The van der Waals surface area contributed by atoms with E-state index in [0.717, 1.165) is 19.9 Å². The first-order chi connectivity index (χ1) is 11.5. The molecular weight excluding hydrogens is 302 g/mol. The van der Waals surface area contributed by atoms with Gasteiger partial charge in [-0.3, -0.25) is 10.2 Å². The zero-order chi connectivity index (χ0) is 18.5. The number of nitrogens with one attached hydrogen (secondary N) is 2. The van der Waals surface area contributed by atoms with Gasteiger partial charge in [0.05, 0.1) is 0 Å². The fourth-order valence-electron chi connectivity index (χ4n) is 2.54. The van der Waals surface area contributed by atoms with Gasteiger partial charge in [-0.15, -0.1) is 0 Å². The number of hydrogen-bond donors (Lipinski definition) is 4. The third kappa shape index (κ3) is 32.6. The Morgan fingerprint density at radius 3 is 1.42 bits per heavy atom. The Bertz CT molecular complexity index is 280. The summed E-state index contributed by atoms with van der Waals surface area (Å²) in [7, 11) is 0. The number of unbranched alkanes of at least 4 members (excludes halogenated alkanes) is 13. The van der Waals surface area contributed by atoms with E-state index in [4.69, 9.17) is 21.0 Å². The molecule has 0 aliphatic rings. The average Bonchev–Trinajstić information content (AvgIpc) is 2.50. The summed E-state index contributed by atoms with van der Waals surface area (Å²) in [4.78, 5) is 9.00. The lowest BCUT2D eigenvalue weighted by Crippen LogP contribution is -2.30. The van der Waals surface area contributed by atoms with Gasteiger partial charge in [-0.25, -0.2) is 0 Å². The fraction of sp³-hybridized carbons (Fsp3) is 0.895. The van der Waals surface area contributed by atoms with Crippen molar-refractivity contribution in [3.05, 3.63) is 0 Å². The third-order valence-electron chi connectivity index (χ3n) is 3.85.